The fourth-order valence-electron chi connectivity index (χ4n) is 3.12. The van der Waals surface area contributed by atoms with Crippen molar-refractivity contribution in [2.24, 2.45) is 4.99 Å². The van der Waals surface area contributed by atoms with Gasteiger partial charge in [-0.3, -0.25) is 9.79 Å². The van der Waals surface area contributed by atoms with Crippen molar-refractivity contribution in [3.05, 3.63) is 71.9 Å². The summed E-state index contributed by atoms with van der Waals surface area (Å²) in [5.74, 6) is 0.695. The number of halogens is 1. The molecule has 7 heteroatoms. The number of para-hydroxylation sites is 1. The van der Waals surface area contributed by atoms with Gasteiger partial charge in [-0.15, -0.1) is 24.0 Å². The number of hydrogen-bond donors (Lipinski definition) is 3. The molecule has 0 aliphatic rings. The first-order chi connectivity index (χ1) is 13.7. The van der Waals surface area contributed by atoms with Crippen LogP contribution in [0.4, 0.5) is 0 Å². The Labute approximate surface area is 188 Å². The summed E-state index contributed by atoms with van der Waals surface area (Å²) in [6, 6.07) is 18.1. The standard InChI is InChI=1S/C22H27N5O.HI/c1-23-21(28)19-10-8-17(9-11-19)16-26-22(24-2)25-13-5-14-27-15-12-18-6-3-4-7-20(18)27;/h3-4,6-12,15H,5,13-14,16H2,1-2H3,(H,23,28)(H2,24,25,26);1H. The average molecular weight is 505 g/mol. The number of carbonyl (C=O) groups is 1. The molecule has 1 aromatic heterocycles. The summed E-state index contributed by atoms with van der Waals surface area (Å²) in [6.07, 6.45) is 3.14. The molecule has 0 bridgehead atoms. The average Bonchev–Trinajstić information content (AvgIpc) is 3.16. The number of aliphatic imine (C=N–C) groups is 1. The van der Waals surface area contributed by atoms with Gasteiger partial charge in [0.25, 0.3) is 5.91 Å². The van der Waals surface area contributed by atoms with E-state index in [4.69, 9.17) is 0 Å². The third-order valence-electron chi connectivity index (χ3n) is 4.68. The van der Waals surface area contributed by atoms with Crippen molar-refractivity contribution in [3.63, 3.8) is 0 Å². The number of amides is 1. The van der Waals surface area contributed by atoms with Crippen molar-refractivity contribution < 1.29 is 4.79 Å². The Kier molecular flexibility index (Phi) is 8.98. The number of aromatic nitrogens is 1. The maximum atomic E-state index is 11.6. The lowest BCUT2D eigenvalue weighted by Crippen LogP contribution is -2.37. The van der Waals surface area contributed by atoms with Crippen LogP contribution in [0.2, 0.25) is 0 Å². The summed E-state index contributed by atoms with van der Waals surface area (Å²) in [7, 11) is 3.40. The minimum Gasteiger partial charge on any atom is -0.356 e. The number of fused-ring (bicyclic) bond motifs is 1. The molecule has 0 unspecified atom stereocenters. The fraction of sp³-hybridized carbons (Fsp3) is 0.273. The number of nitrogens with zero attached hydrogens (tertiary/aromatic N) is 2. The molecule has 0 aliphatic heterocycles. The van der Waals surface area contributed by atoms with Gasteiger partial charge in [0.15, 0.2) is 5.96 Å². The third kappa shape index (κ3) is 6.22. The second-order valence-electron chi connectivity index (χ2n) is 6.55. The molecule has 1 heterocycles. The largest absolute Gasteiger partial charge is 0.356 e. The molecule has 154 valence electrons. The minimum absolute atomic E-state index is 0. The second-order valence-corrected chi connectivity index (χ2v) is 6.55. The first kappa shape index (κ1) is 22.7. The van der Waals surface area contributed by atoms with Crippen LogP contribution in [0.25, 0.3) is 10.9 Å². The molecular weight excluding hydrogens is 477 g/mol. The zero-order valence-electron chi connectivity index (χ0n) is 16.8. The van der Waals surface area contributed by atoms with E-state index in [9.17, 15) is 4.79 Å². The van der Waals surface area contributed by atoms with Crippen LogP contribution in [0.5, 0.6) is 0 Å². The molecule has 3 aromatic rings. The highest BCUT2D eigenvalue weighted by molar-refractivity contribution is 14.0. The number of aryl methyl sites for hydroxylation is 1. The topological polar surface area (TPSA) is 70.5 Å². The third-order valence-corrected chi connectivity index (χ3v) is 4.68. The van der Waals surface area contributed by atoms with Gasteiger partial charge >= 0.3 is 0 Å². The molecule has 0 atom stereocenters. The maximum absolute atomic E-state index is 11.6. The Morgan fingerprint density at radius 1 is 1.03 bits per heavy atom. The summed E-state index contributed by atoms with van der Waals surface area (Å²) in [4.78, 5) is 15.9. The number of nitrogens with one attached hydrogen (secondary N) is 3. The molecule has 29 heavy (non-hydrogen) atoms. The van der Waals surface area contributed by atoms with E-state index in [0.717, 1.165) is 31.0 Å². The minimum atomic E-state index is -0.0764. The van der Waals surface area contributed by atoms with E-state index >= 15 is 0 Å². The summed E-state index contributed by atoms with van der Waals surface area (Å²) in [5, 5.41) is 10.6. The second kappa shape index (κ2) is 11.5. The van der Waals surface area contributed by atoms with Crippen LogP contribution in [0.1, 0.15) is 22.3 Å². The van der Waals surface area contributed by atoms with Gasteiger partial charge in [0, 0.05) is 51.0 Å². The predicted molar refractivity (Wildman–Crippen MR) is 130 cm³/mol. The summed E-state index contributed by atoms with van der Waals surface area (Å²) in [5.41, 5.74) is 3.02. The van der Waals surface area contributed by atoms with Gasteiger partial charge in [-0.1, -0.05) is 30.3 Å². The molecule has 3 N–H and O–H groups in total. The van der Waals surface area contributed by atoms with Crippen molar-refractivity contribution >= 4 is 46.7 Å². The van der Waals surface area contributed by atoms with Gasteiger partial charge in [0.2, 0.25) is 0 Å². The van der Waals surface area contributed by atoms with Gasteiger partial charge in [0.1, 0.15) is 0 Å². The highest BCUT2D eigenvalue weighted by Gasteiger charge is 2.04. The number of rotatable bonds is 7. The normalized spacial score (nSPS) is 11.0. The molecule has 0 fully saturated rings. The number of benzene rings is 2. The van der Waals surface area contributed by atoms with Crippen LogP contribution in [-0.4, -0.2) is 37.1 Å². The van der Waals surface area contributed by atoms with Crippen molar-refractivity contribution in [2.75, 3.05) is 20.6 Å². The van der Waals surface area contributed by atoms with Crippen molar-refractivity contribution in [2.45, 2.75) is 19.5 Å². The first-order valence-corrected chi connectivity index (χ1v) is 9.50. The van der Waals surface area contributed by atoms with Crippen LogP contribution in [-0.2, 0) is 13.1 Å². The molecule has 1 amide bonds. The van der Waals surface area contributed by atoms with Crippen LogP contribution >= 0.6 is 24.0 Å². The Hall–Kier alpha value is -2.55. The van der Waals surface area contributed by atoms with Crippen molar-refractivity contribution in [3.8, 4) is 0 Å². The van der Waals surface area contributed by atoms with Crippen molar-refractivity contribution in [1.29, 1.82) is 0 Å². The summed E-state index contributed by atoms with van der Waals surface area (Å²) < 4.78 is 2.28. The quantitative estimate of drug-likeness (QED) is 0.200. The molecule has 3 rings (SSSR count). The number of guanidine groups is 1. The smallest absolute Gasteiger partial charge is 0.251 e. The van der Waals surface area contributed by atoms with E-state index in [-0.39, 0.29) is 29.9 Å². The van der Waals surface area contributed by atoms with Crippen molar-refractivity contribution in [1.82, 2.24) is 20.5 Å². The van der Waals surface area contributed by atoms with Crippen LogP contribution in [0, 0.1) is 0 Å². The lowest BCUT2D eigenvalue weighted by molar-refractivity contribution is 0.0963. The van der Waals surface area contributed by atoms with Gasteiger partial charge in [-0.2, -0.15) is 0 Å². The molecule has 2 aromatic carbocycles. The molecule has 0 radical (unpaired) electrons. The highest BCUT2D eigenvalue weighted by Crippen LogP contribution is 2.15. The van der Waals surface area contributed by atoms with Gasteiger partial charge in [0.05, 0.1) is 0 Å². The Morgan fingerprint density at radius 2 is 1.79 bits per heavy atom. The summed E-state index contributed by atoms with van der Waals surface area (Å²) in [6.45, 7) is 2.44. The van der Waals surface area contributed by atoms with Gasteiger partial charge < -0.3 is 20.5 Å². The van der Waals surface area contributed by atoms with Crippen LogP contribution < -0.4 is 16.0 Å². The van der Waals surface area contributed by atoms with E-state index in [1.807, 2.05) is 24.3 Å². The molecule has 0 saturated heterocycles. The first-order valence-electron chi connectivity index (χ1n) is 9.50. The Morgan fingerprint density at radius 3 is 2.52 bits per heavy atom. The molecule has 0 aliphatic carbocycles. The van der Waals surface area contributed by atoms with Crippen LogP contribution in [0.3, 0.4) is 0 Å². The maximum Gasteiger partial charge on any atom is 0.251 e. The molecule has 0 spiro atoms. The van der Waals surface area contributed by atoms with Crippen LogP contribution in [0.15, 0.2) is 65.8 Å². The Bertz CT molecular complexity index is 949. The monoisotopic (exact) mass is 505 g/mol. The number of carbonyl (C=O) groups excluding carboxylic acids is 1. The van der Waals surface area contributed by atoms with E-state index in [0.29, 0.717) is 12.1 Å². The van der Waals surface area contributed by atoms with E-state index in [1.165, 1.54) is 10.9 Å². The van der Waals surface area contributed by atoms with E-state index < -0.39 is 0 Å². The molecular formula is C22H28IN5O. The summed E-state index contributed by atoms with van der Waals surface area (Å²) >= 11 is 0. The zero-order chi connectivity index (χ0) is 19.8. The van der Waals surface area contributed by atoms with Gasteiger partial charge in [-0.05, 0) is 41.6 Å². The Balaban J connectivity index is 0.00000300. The molecule has 6 nitrogen and oxygen atoms in total. The highest BCUT2D eigenvalue weighted by atomic mass is 127. The lowest BCUT2D eigenvalue weighted by Gasteiger charge is -2.13. The number of hydrogen-bond acceptors (Lipinski definition) is 2. The zero-order valence-corrected chi connectivity index (χ0v) is 19.1. The lowest BCUT2D eigenvalue weighted by atomic mass is 10.1. The predicted octanol–water partition coefficient (Wildman–Crippen LogP) is 3.37. The SMILES string of the molecule is CN=C(NCCCn1ccc2ccccc21)NCc1ccc(C(=O)NC)cc1.I. The fourth-order valence-corrected chi connectivity index (χ4v) is 3.12. The van der Waals surface area contributed by atoms with E-state index in [1.54, 1.807) is 14.1 Å². The molecule has 0 saturated carbocycles. The van der Waals surface area contributed by atoms with Gasteiger partial charge in [-0.25, -0.2) is 0 Å². The van der Waals surface area contributed by atoms with E-state index in [2.05, 4.69) is 62.0 Å².